The molecule has 2 rings (SSSR count). The third-order valence-corrected chi connectivity index (χ3v) is 2.31. The van der Waals surface area contributed by atoms with Crippen LogP contribution in [0.1, 0.15) is 5.69 Å². The fourth-order valence-corrected chi connectivity index (χ4v) is 1.62. The standard InChI is InChI=1S/C12H11F3N2O/c1-16-7-9-3-2-8-6-10(18-12(13,14)15)4-5-11(8)17-9/h2-6,16H,7H2,1H3. The summed E-state index contributed by atoms with van der Waals surface area (Å²) in [5.74, 6) is -0.238. The zero-order valence-electron chi connectivity index (χ0n) is 9.58. The molecule has 2 aromatic rings. The number of halogens is 3. The molecular weight excluding hydrogens is 245 g/mol. The number of pyridine rings is 1. The van der Waals surface area contributed by atoms with Gasteiger partial charge in [0.05, 0.1) is 11.2 Å². The van der Waals surface area contributed by atoms with Crippen molar-refractivity contribution in [3.63, 3.8) is 0 Å². The Balaban J connectivity index is 2.32. The maximum atomic E-state index is 12.1. The topological polar surface area (TPSA) is 34.1 Å². The van der Waals surface area contributed by atoms with Gasteiger partial charge in [0.1, 0.15) is 5.75 Å². The predicted molar refractivity (Wildman–Crippen MR) is 61.2 cm³/mol. The first-order valence-electron chi connectivity index (χ1n) is 5.28. The maximum Gasteiger partial charge on any atom is 0.573 e. The van der Waals surface area contributed by atoms with Gasteiger partial charge in [0.25, 0.3) is 0 Å². The summed E-state index contributed by atoms with van der Waals surface area (Å²) in [4.78, 5) is 4.30. The van der Waals surface area contributed by atoms with E-state index in [-0.39, 0.29) is 5.75 Å². The molecule has 1 N–H and O–H groups in total. The van der Waals surface area contributed by atoms with Crippen molar-refractivity contribution in [3.8, 4) is 5.75 Å². The van der Waals surface area contributed by atoms with E-state index in [1.165, 1.54) is 18.2 Å². The van der Waals surface area contributed by atoms with Gasteiger partial charge in [0.15, 0.2) is 0 Å². The second-order valence-corrected chi connectivity index (χ2v) is 3.74. The average molecular weight is 256 g/mol. The fraction of sp³-hybridized carbons (Fsp3) is 0.250. The first-order valence-corrected chi connectivity index (χ1v) is 5.28. The van der Waals surface area contributed by atoms with Gasteiger partial charge in [-0.05, 0) is 31.3 Å². The second kappa shape index (κ2) is 4.81. The molecule has 0 unspecified atom stereocenters. The number of aromatic nitrogens is 1. The minimum Gasteiger partial charge on any atom is -0.406 e. The van der Waals surface area contributed by atoms with E-state index < -0.39 is 6.36 Å². The van der Waals surface area contributed by atoms with Crippen LogP contribution >= 0.6 is 0 Å². The van der Waals surface area contributed by atoms with Crippen molar-refractivity contribution >= 4 is 10.9 Å². The number of fused-ring (bicyclic) bond motifs is 1. The third kappa shape index (κ3) is 3.10. The number of nitrogens with one attached hydrogen (secondary N) is 1. The minimum absolute atomic E-state index is 0.238. The molecule has 0 bridgehead atoms. The van der Waals surface area contributed by atoms with Crippen LogP contribution in [0.5, 0.6) is 5.75 Å². The highest BCUT2D eigenvalue weighted by Gasteiger charge is 2.31. The number of ether oxygens (including phenoxy) is 1. The Hall–Kier alpha value is -1.82. The molecule has 1 aromatic heterocycles. The van der Waals surface area contributed by atoms with E-state index in [2.05, 4.69) is 15.0 Å². The van der Waals surface area contributed by atoms with Crippen LogP contribution in [-0.2, 0) is 6.54 Å². The van der Waals surface area contributed by atoms with E-state index in [0.717, 1.165) is 5.69 Å². The molecule has 0 atom stereocenters. The Kier molecular flexibility index (Phi) is 3.38. The van der Waals surface area contributed by atoms with Crippen molar-refractivity contribution in [2.45, 2.75) is 12.9 Å². The summed E-state index contributed by atoms with van der Waals surface area (Å²) in [5.41, 5.74) is 1.46. The molecule has 18 heavy (non-hydrogen) atoms. The second-order valence-electron chi connectivity index (χ2n) is 3.74. The molecule has 1 heterocycles. The lowest BCUT2D eigenvalue weighted by Gasteiger charge is -2.09. The highest BCUT2D eigenvalue weighted by Crippen LogP contribution is 2.25. The van der Waals surface area contributed by atoms with Gasteiger partial charge in [-0.15, -0.1) is 13.2 Å². The monoisotopic (exact) mass is 256 g/mol. The number of benzene rings is 1. The molecule has 6 heteroatoms. The normalized spacial score (nSPS) is 11.8. The van der Waals surface area contributed by atoms with Crippen LogP contribution in [0.2, 0.25) is 0 Å². The Morgan fingerprint density at radius 3 is 2.67 bits per heavy atom. The Morgan fingerprint density at radius 2 is 2.00 bits per heavy atom. The van der Waals surface area contributed by atoms with E-state index >= 15 is 0 Å². The third-order valence-electron chi connectivity index (χ3n) is 2.31. The van der Waals surface area contributed by atoms with Gasteiger partial charge >= 0.3 is 6.36 Å². The van der Waals surface area contributed by atoms with E-state index in [1.807, 2.05) is 0 Å². The van der Waals surface area contributed by atoms with Gasteiger partial charge in [-0.1, -0.05) is 6.07 Å². The number of nitrogens with zero attached hydrogens (tertiary/aromatic N) is 1. The summed E-state index contributed by atoms with van der Waals surface area (Å²) in [5, 5.41) is 3.56. The quantitative estimate of drug-likeness (QED) is 0.916. The highest BCUT2D eigenvalue weighted by molar-refractivity contribution is 5.80. The molecule has 96 valence electrons. The predicted octanol–water partition coefficient (Wildman–Crippen LogP) is 2.85. The van der Waals surface area contributed by atoms with Crippen molar-refractivity contribution in [1.82, 2.24) is 10.3 Å². The smallest absolute Gasteiger partial charge is 0.406 e. The van der Waals surface area contributed by atoms with Crippen LogP contribution in [-0.4, -0.2) is 18.4 Å². The van der Waals surface area contributed by atoms with E-state index in [0.29, 0.717) is 17.4 Å². The van der Waals surface area contributed by atoms with Crippen LogP contribution < -0.4 is 10.1 Å². The van der Waals surface area contributed by atoms with E-state index in [9.17, 15) is 13.2 Å². The summed E-state index contributed by atoms with van der Waals surface area (Å²) in [6, 6.07) is 7.56. The van der Waals surface area contributed by atoms with Crippen molar-refractivity contribution in [1.29, 1.82) is 0 Å². The molecule has 1 aromatic carbocycles. The van der Waals surface area contributed by atoms with Crippen LogP contribution in [0.25, 0.3) is 10.9 Å². The molecule has 0 aliphatic heterocycles. The molecule has 0 spiro atoms. The summed E-state index contributed by atoms with van der Waals surface area (Å²) < 4.78 is 40.0. The van der Waals surface area contributed by atoms with Gasteiger partial charge in [0.2, 0.25) is 0 Å². The molecular formula is C12H11F3N2O. The van der Waals surface area contributed by atoms with Crippen molar-refractivity contribution in [3.05, 3.63) is 36.0 Å². The highest BCUT2D eigenvalue weighted by atomic mass is 19.4. The van der Waals surface area contributed by atoms with Gasteiger partial charge < -0.3 is 10.1 Å². The Labute approximate surface area is 102 Å². The Bertz CT molecular complexity index is 555. The van der Waals surface area contributed by atoms with Crippen LogP contribution in [0.4, 0.5) is 13.2 Å². The van der Waals surface area contributed by atoms with Crippen molar-refractivity contribution in [2.24, 2.45) is 0 Å². The van der Waals surface area contributed by atoms with E-state index in [4.69, 9.17) is 0 Å². The summed E-state index contributed by atoms with van der Waals surface area (Å²) in [7, 11) is 1.80. The van der Waals surface area contributed by atoms with Crippen LogP contribution in [0.3, 0.4) is 0 Å². The first-order chi connectivity index (χ1) is 8.48. The number of alkyl halides is 3. The Morgan fingerprint density at radius 1 is 1.22 bits per heavy atom. The SMILES string of the molecule is CNCc1ccc2cc(OC(F)(F)F)ccc2n1. The van der Waals surface area contributed by atoms with Gasteiger partial charge in [0, 0.05) is 11.9 Å². The van der Waals surface area contributed by atoms with Gasteiger partial charge in [-0.2, -0.15) is 0 Å². The summed E-state index contributed by atoms with van der Waals surface area (Å²) in [6.07, 6.45) is -4.67. The van der Waals surface area contributed by atoms with Crippen molar-refractivity contribution in [2.75, 3.05) is 7.05 Å². The number of hydrogen-bond donors (Lipinski definition) is 1. The molecule has 0 aliphatic carbocycles. The maximum absolute atomic E-state index is 12.1. The molecule has 0 radical (unpaired) electrons. The lowest BCUT2D eigenvalue weighted by molar-refractivity contribution is -0.274. The average Bonchev–Trinajstić information content (AvgIpc) is 2.27. The van der Waals surface area contributed by atoms with Crippen LogP contribution in [0.15, 0.2) is 30.3 Å². The largest absolute Gasteiger partial charge is 0.573 e. The van der Waals surface area contributed by atoms with Crippen LogP contribution in [0, 0.1) is 0 Å². The lowest BCUT2D eigenvalue weighted by atomic mass is 10.2. The molecule has 0 saturated heterocycles. The number of hydrogen-bond acceptors (Lipinski definition) is 3. The summed E-state index contributed by atoms with van der Waals surface area (Å²) >= 11 is 0. The fourth-order valence-electron chi connectivity index (χ4n) is 1.62. The molecule has 0 aliphatic rings. The number of rotatable bonds is 3. The van der Waals surface area contributed by atoms with Crippen molar-refractivity contribution < 1.29 is 17.9 Å². The summed E-state index contributed by atoms with van der Waals surface area (Å²) in [6.45, 7) is 0.608. The molecule has 0 amide bonds. The molecule has 3 nitrogen and oxygen atoms in total. The first kappa shape index (κ1) is 12.6. The van der Waals surface area contributed by atoms with E-state index in [1.54, 1.807) is 19.2 Å². The van der Waals surface area contributed by atoms with Gasteiger partial charge in [-0.3, -0.25) is 4.98 Å². The van der Waals surface area contributed by atoms with Gasteiger partial charge in [-0.25, -0.2) is 0 Å². The zero-order valence-corrected chi connectivity index (χ0v) is 9.58. The molecule has 0 fully saturated rings. The lowest BCUT2D eigenvalue weighted by Crippen LogP contribution is -2.17. The minimum atomic E-state index is -4.67. The molecule has 0 saturated carbocycles. The zero-order chi connectivity index (χ0) is 13.2.